The Morgan fingerprint density at radius 1 is 1.27 bits per heavy atom. The predicted molar refractivity (Wildman–Crippen MR) is 172 cm³/mol. The van der Waals surface area contributed by atoms with Gasteiger partial charge in [0.05, 0.1) is 30.8 Å². The lowest BCUT2D eigenvalue weighted by molar-refractivity contribution is -0.151. The molecular weight excluding hydrogens is 580 g/mol. The van der Waals surface area contributed by atoms with Crippen molar-refractivity contribution in [2.24, 2.45) is 17.8 Å². The fourth-order valence-corrected chi connectivity index (χ4v) is 5.68. The minimum Gasteiger partial charge on any atom is -0.457 e. The zero-order valence-corrected chi connectivity index (χ0v) is 28.6. The maximum Gasteiger partial charge on any atom is 0.407 e. The van der Waals surface area contributed by atoms with Gasteiger partial charge in [-0.2, -0.15) is 0 Å². The summed E-state index contributed by atoms with van der Waals surface area (Å²) in [6.45, 7) is 12.3. The number of hydrogen-bond donors (Lipinski definition) is 4. The molecule has 45 heavy (non-hydrogen) atoms. The summed E-state index contributed by atoms with van der Waals surface area (Å²) >= 11 is 0. The van der Waals surface area contributed by atoms with E-state index in [1.165, 1.54) is 0 Å². The lowest BCUT2D eigenvalue weighted by Gasteiger charge is -2.32. The predicted octanol–water partition coefficient (Wildman–Crippen LogP) is 3.37. The molecule has 11 heteroatoms. The number of epoxide rings is 1. The van der Waals surface area contributed by atoms with Gasteiger partial charge in [0.1, 0.15) is 17.8 Å². The highest BCUT2D eigenvalue weighted by atomic mass is 16.6. The van der Waals surface area contributed by atoms with Crippen LogP contribution in [0.2, 0.25) is 0 Å². The summed E-state index contributed by atoms with van der Waals surface area (Å²) in [5, 5.41) is 35.3. The van der Waals surface area contributed by atoms with Crippen LogP contribution in [0.3, 0.4) is 0 Å². The number of allylic oxidation sites excluding steroid dienone is 2. The van der Waals surface area contributed by atoms with Crippen LogP contribution in [0.1, 0.15) is 67.2 Å². The molecule has 0 saturated carbocycles. The number of nitrogens with one attached hydrogen (secondary N) is 1. The van der Waals surface area contributed by atoms with Gasteiger partial charge in [0.15, 0.2) is 6.10 Å². The van der Waals surface area contributed by atoms with Gasteiger partial charge in [-0.25, -0.2) is 4.79 Å². The Morgan fingerprint density at radius 2 is 1.96 bits per heavy atom. The van der Waals surface area contributed by atoms with E-state index >= 15 is 0 Å². The molecule has 0 aromatic heterocycles. The SMILES string of the molecule is CCC(OC)C(C)C1OC1C(O)C(C)/C=C/C=C(\C)C1OC(=O)CC(O)CCC(C)(O)C(OC(=O)NCCN(C)C)/C=C/C1C. The number of aliphatic hydroxyl groups is 3. The van der Waals surface area contributed by atoms with Gasteiger partial charge in [0, 0.05) is 38.0 Å². The summed E-state index contributed by atoms with van der Waals surface area (Å²) in [7, 11) is 5.48. The van der Waals surface area contributed by atoms with Crippen molar-refractivity contribution >= 4 is 12.1 Å². The maximum atomic E-state index is 12.8. The lowest BCUT2D eigenvalue weighted by atomic mass is 9.88. The fraction of sp³-hybridized carbons (Fsp3) is 0.765. The molecule has 258 valence electrons. The average Bonchev–Trinajstić information content (AvgIpc) is 3.77. The van der Waals surface area contributed by atoms with Gasteiger partial charge in [0.2, 0.25) is 0 Å². The van der Waals surface area contributed by atoms with Gasteiger partial charge < -0.3 is 44.5 Å². The zero-order chi connectivity index (χ0) is 33.9. The first-order valence-electron chi connectivity index (χ1n) is 16.2. The maximum absolute atomic E-state index is 12.8. The van der Waals surface area contributed by atoms with Crippen LogP contribution in [0.15, 0.2) is 36.0 Å². The number of esters is 1. The molecule has 0 spiro atoms. The van der Waals surface area contributed by atoms with Gasteiger partial charge in [0.25, 0.3) is 0 Å². The molecule has 1 saturated heterocycles. The highest BCUT2D eigenvalue weighted by molar-refractivity contribution is 5.70. The molecule has 2 rings (SSSR count). The third-order valence-corrected chi connectivity index (χ3v) is 8.86. The monoisotopic (exact) mass is 638 g/mol. The van der Waals surface area contributed by atoms with E-state index in [0.29, 0.717) is 13.1 Å². The number of nitrogens with zero attached hydrogens (tertiary/aromatic N) is 1. The second-order valence-electron chi connectivity index (χ2n) is 13.2. The van der Waals surface area contributed by atoms with Crippen LogP contribution in [0.25, 0.3) is 0 Å². The summed E-state index contributed by atoms with van der Waals surface area (Å²) in [4.78, 5) is 27.2. The van der Waals surface area contributed by atoms with Crippen molar-refractivity contribution in [3.8, 4) is 0 Å². The lowest BCUT2D eigenvalue weighted by Crippen LogP contribution is -2.45. The molecule has 11 nitrogen and oxygen atoms in total. The van der Waals surface area contributed by atoms with Gasteiger partial charge in [-0.1, -0.05) is 52.0 Å². The molecule has 2 aliphatic rings. The van der Waals surface area contributed by atoms with E-state index < -0.39 is 42.1 Å². The second kappa shape index (κ2) is 18.2. The summed E-state index contributed by atoms with van der Waals surface area (Å²) in [6, 6.07) is 0. The molecule has 0 bridgehead atoms. The number of methoxy groups -OCH3 is 1. The second-order valence-corrected chi connectivity index (χ2v) is 13.2. The largest absolute Gasteiger partial charge is 0.457 e. The first-order valence-corrected chi connectivity index (χ1v) is 16.2. The highest BCUT2D eigenvalue weighted by Crippen LogP contribution is 2.37. The highest BCUT2D eigenvalue weighted by Gasteiger charge is 2.50. The molecular formula is C34H58N2O9. The molecule has 0 aromatic rings. The van der Waals surface area contributed by atoms with Crippen LogP contribution >= 0.6 is 0 Å². The van der Waals surface area contributed by atoms with E-state index in [2.05, 4.69) is 19.2 Å². The van der Waals surface area contributed by atoms with Crippen molar-refractivity contribution in [3.05, 3.63) is 36.0 Å². The Labute approximate surface area is 269 Å². The number of amides is 1. The Kier molecular flexibility index (Phi) is 15.7. The Bertz CT molecular complexity index is 1020. The summed E-state index contributed by atoms with van der Waals surface area (Å²) < 4.78 is 22.8. The number of alkyl carbamates (subject to hydrolysis) is 1. The molecule has 11 atom stereocenters. The van der Waals surface area contributed by atoms with E-state index in [-0.39, 0.29) is 55.3 Å². The molecule has 11 unspecified atom stereocenters. The van der Waals surface area contributed by atoms with Crippen LogP contribution in [0.4, 0.5) is 4.79 Å². The number of carbonyl (C=O) groups excluding carboxylic acids is 2. The fourth-order valence-electron chi connectivity index (χ4n) is 5.68. The number of cyclic esters (lactones) is 1. The first kappa shape index (κ1) is 38.9. The molecule has 1 fully saturated rings. The number of carbonyl (C=O) groups is 2. The summed E-state index contributed by atoms with van der Waals surface area (Å²) in [6.07, 6.45) is 5.54. The van der Waals surface area contributed by atoms with E-state index in [9.17, 15) is 24.9 Å². The third kappa shape index (κ3) is 12.4. The number of hydrogen-bond acceptors (Lipinski definition) is 10. The molecule has 1 amide bonds. The Balaban J connectivity index is 2.17. The number of likely N-dealkylation sites (N-methyl/N-ethyl adjacent to an activating group) is 1. The van der Waals surface area contributed by atoms with Crippen molar-refractivity contribution in [2.75, 3.05) is 34.3 Å². The van der Waals surface area contributed by atoms with Gasteiger partial charge >= 0.3 is 12.1 Å². The molecule has 0 aliphatic carbocycles. The van der Waals surface area contributed by atoms with Crippen molar-refractivity contribution in [1.82, 2.24) is 10.2 Å². The van der Waals surface area contributed by atoms with E-state index in [1.807, 2.05) is 58.0 Å². The van der Waals surface area contributed by atoms with Crippen molar-refractivity contribution in [1.29, 1.82) is 0 Å². The van der Waals surface area contributed by atoms with Crippen molar-refractivity contribution in [2.45, 2.75) is 116 Å². The average molecular weight is 639 g/mol. The van der Waals surface area contributed by atoms with E-state index in [4.69, 9.17) is 18.9 Å². The van der Waals surface area contributed by atoms with Crippen molar-refractivity contribution < 1.29 is 43.9 Å². The van der Waals surface area contributed by atoms with Gasteiger partial charge in [-0.15, -0.1) is 0 Å². The van der Waals surface area contributed by atoms with Crippen LogP contribution in [-0.4, -0.2) is 115 Å². The number of rotatable bonds is 13. The smallest absolute Gasteiger partial charge is 0.407 e. The standard InChI is InChI=1S/C34H58N2O9/c1-10-26(42-9)24(5)31-32(45-31)29(39)21(2)12-11-13-22(3)30-23(4)14-15-27(43-33(40)35-18-19-36(7)8)34(6,41)17-16-25(37)20-28(38)44-30/h11-15,21,23-27,29-32,37,39,41H,10,16-20H2,1-9H3,(H,35,40)/b12-11+,15-14+,22-13+. The van der Waals surface area contributed by atoms with Crippen LogP contribution in [0, 0.1) is 17.8 Å². The number of aliphatic hydroxyl groups excluding tert-OH is 2. The molecule has 4 N–H and O–H groups in total. The zero-order valence-electron chi connectivity index (χ0n) is 28.6. The topological polar surface area (TPSA) is 150 Å². The molecule has 2 aliphatic heterocycles. The van der Waals surface area contributed by atoms with Crippen LogP contribution < -0.4 is 5.32 Å². The van der Waals surface area contributed by atoms with E-state index in [1.54, 1.807) is 26.2 Å². The minimum absolute atomic E-state index is 0.0469. The molecule has 0 radical (unpaired) electrons. The molecule has 0 aromatic carbocycles. The minimum atomic E-state index is -1.48. The van der Waals surface area contributed by atoms with Crippen LogP contribution in [-0.2, 0) is 23.7 Å². The Hall–Kier alpha value is -2.28. The molecule has 2 heterocycles. The van der Waals surface area contributed by atoms with Crippen LogP contribution in [0.5, 0.6) is 0 Å². The normalized spacial score (nSPS) is 33.4. The summed E-state index contributed by atoms with van der Waals surface area (Å²) in [5.41, 5.74) is -0.738. The van der Waals surface area contributed by atoms with Gasteiger partial charge in [-0.05, 0) is 58.9 Å². The van der Waals surface area contributed by atoms with Gasteiger partial charge in [-0.3, -0.25) is 4.79 Å². The Morgan fingerprint density at radius 3 is 2.58 bits per heavy atom. The number of ether oxygens (including phenoxy) is 4. The quantitative estimate of drug-likeness (QED) is 0.102. The third-order valence-electron chi connectivity index (χ3n) is 8.86. The summed E-state index contributed by atoms with van der Waals surface area (Å²) in [5.74, 6) is -0.914. The first-order chi connectivity index (χ1) is 21.1. The van der Waals surface area contributed by atoms with E-state index in [0.717, 1.165) is 12.0 Å². The van der Waals surface area contributed by atoms with Crippen molar-refractivity contribution in [3.63, 3.8) is 0 Å².